The summed E-state index contributed by atoms with van der Waals surface area (Å²) in [6.45, 7) is 0.441. The van der Waals surface area contributed by atoms with E-state index in [0.717, 1.165) is 19.3 Å². The first-order valence-corrected chi connectivity index (χ1v) is 9.26. The van der Waals surface area contributed by atoms with Crippen molar-refractivity contribution in [2.45, 2.75) is 50.7 Å². The Morgan fingerprint density at radius 3 is 2.92 bits per heavy atom. The molecule has 1 aromatic carbocycles. The van der Waals surface area contributed by atoms with Gasteiger partial charge in [-0.15, -0.1) is 5.10 Å². The summed E-state index contributed by atoms with van der Waals surface area (Å²) in [4.78, 5) is 13.8. The largest absolute Gasteiger partial charge is 0.480 e. The summed E-state index contributed by atoms with van der Waals surface area (Å²) in [6, 6.07) is 3.91. The normalized spacial score (nSPS) is 26.0. The molecule has 1 aliphatic heterocycles. The van der Waals surface area contributed by atoms with E-state index in [1.807, 2.05) is 0 Å². The summed E-state index contributed by atoms with van der Waals surface area (Å²) < 4.78 is 14.7. The van der Waals surface area contributed by atoms with Gasteiger partial charge in [-0.2, -0.15) is 0 Å². The molecule has 3 unspecified atom stereocenters. The Morgan fingerprint density at radius 2 is 2.15 bits per heavy atom. The first-order chi connectivity index (χ1) is 12.5. The minimum absolute atomic E-state index is 0.248. The maximum atomic E-state index is 13.2. The van der Waals surface area contributed by atoms with Crippen molar-refractivity contribution in [2.24, 2.45) is 5.92 Å². The van der Waals surface area contributed by atoms with Gasteiger partial charge in [-0.3, -0.25) is 9.69 Å². The predicted molar refractivity (Wildman–Crippen MR) is 93.7 cm³/mol. The molecular weight excluding hydrogens is 359 g/mol. The van der Waals surface area contributed by atoms with E-state index in [1.54, 1.807) is 12.3 Å². The number of rotatable bonds is 4. The molecule has 2 heterocycles. The van der Waals surface area contributed by atoms with E-state index in [1.165, 1.54) is 23.2 Å². The second-order valence-electron chi connectivity index (χ2n) is 7.12. The number of hydrogen-bond donors (Lipinski definition) is 1. The molecule has 1 N–H and O–H groups in total. The first kappa shape index (κ1) is 17.4. The van der Waals surface area contributed by atoms with Crippen LogP contribution in [0.15, 0.2) is 24.4 Å². The molecular formula is C18H20ClFN4O2. The summed E-state index contributed by atoms with van der Waals surface area (Å²) in [5, 5.41) is 18.1. The van der Waals surface area contributed by atoms with E-state index < -0.39 is 17.8 Å². The second kappa shape index (κ2) is 6.96. The molecule has 1 saturated heterocycles. The van der Waals surface area contributed by atoms with Gasteiger partial charge in [-0.25, -0.2) is 9.07 Å². The third-order valence-corrected chi connectivity index (χ3v) is 5.85. The fraction of sp³-hybridized carbons (Fsp3) is 0.500. The number of likely N-dealkylation sites (tertiary alicyclic amines) is 1. The zero-order chi connectivity index (χ0) is 18.3. The lowest BCUT2D eigenvalue weighted by Crippen LogP contribution is -2.41. The van der Waals surface area contributed by atoms with E-state index in [9.17, 15) is 14.3 Å². The van der Waals surface area contributed by atoms with Crippen LogP contribution in [0.5, 0.6) is 0 Å². The Balaban J connectivity index is 1.56. The molecule has 2 aromatic rings. The van der Waals surface area contributed by atoms with E-state index in [4.69, 9.17) is 11.6 Å². The van der Waals surface area contributed by atoms with Crippen molar-refractivity contribution in [1.29, 1.82) is 0 Å². The highest BCUT2D eigenvalue weighted by Gasteiger charge is 2.45. The average Bonchev–Trinajstić information content (AvgIpc) is 3.21. The molecule has 0 bridgehead atoms. The van der Waals surface area contributed by atoms with Crippen LogP contribution < -0.4 is 0 Å². The molecule has 8 heteroatoms. The number of carboxylic acid groups (broad SMARTS) is 1. The van der Waals surface area contributed by atoms with Crippen molar-refractivity contribution in [1.82, 2.24) is 19.9 Å². The second-order valence-corrected chi connectivity index (χ2v) is 7.53. The van der Waals surface area contributed by atoms with Crippen molar-refractivity contribution in [3.05, 3.63) is 40.9 Å². The van der Waals surface area contributed by atoms with Crippen molar-refractivity contribution in [3.8, 4) is 5.69 Å². The van der Waals surface area contributed by atoms with Gasteiger partial charge in [-0.1, -0.05) is 29.7 Å². The number of aromatic nitrogens is 3. The zero-order valence-electron chi connectivity index (χ0n) is 14.2. The molecule has 6 nitrogen and oxygen atoms in total. The number of hydrogen-bond acceptors (Lipinski definition) is 4. The van der Waals surface area contributed by atoms with Crippen LogP contribution in [0.3, 0.4) is 0 Å². The Hall–Kier alpha value is -1.99. The van der Waals surface area contributed by atoms with Crippen molar-refractivity contribution in [3.63, 3.8) is 0 Å². The van der Waals surface area contributed by atoms with Gasteiger partial charge < -0.3 is 5.11 Å². The molecule has 0 radical (unpaired) electrons. The van der Waals surface area contributed by atoms with E-state index in [2.05, 4.69) is 15.2 Å². The van der Waals surface area contributed by atoms with Crippen LogP contribution in [-0.2, 0) is 11.3 Å². The fourth-order valence-corrected chi connectivity index (χ4v) is 4.62. The summed E-state index contributed by atoms with van der Waals surface area (Å²) in [5.74, 6) is -0.733. The van der Waals surface area contributed by atoms with Gasteiger partial charge in [0, 0.05) is 12.6 Å². The number of halogens is 2. The average molecular weight is 379 g/mol. The van der Waals surface area contributed by atoms with Gasteiger partial charge in [-0.05, 0) is 43.4 Å². The summed E-state index contributed by atoms with van der Waals surface area (Å²) >= 11 is 6.08. The Bertz CT molecular complexity index is 827. The number of nitrogens with zero attached hydrogens (tertiary/aromatic N) is 4. The molecule has 138 valence electrons. The van der Waals surface area contributed by atoms with Crippen molar-refractivity contribution < 1.29 is 14.3 Å². The van der Waals surface area contributed by atoms with E-state index in [0.29, 0.717) is 36.3 Å². The van der Waals surface area contributed by atoms with Gasteiger partial charge in [0.05, 0.1) is 22.6 Å². The molecule has 1 aromatic heterocycles. The van der Waals surface area contributed by atoms with Crippen LogP contribution in [0.2, 0.25) is 5.02 Å². The third kappa shape index (κ3) is 3.21. The van der Waals surface area contributed by atoms with Crippen molar-refractivity contribution >= 4 is 17.6 Å². The molecule has 4 rings (SSSR count). The number of benzene rings is 1. The van der Waals surface area contributed by atoms with Gasteiger partial charge in [0.2, 0.25) is 0 Å². The molecule has 0 amide bonds. The van der Waals surface area contributed by atoms with Crippen LogP contribution >= 0.6 is 11.6 Å². The topological polar surface area (TPSA) is 71.2 Å². The van der Waals surface area contributed by atoms with Crippen LogP contribution in [0.4, 0.5) is 4.39 Å². The molecule has 2 fully saturated rings. The minimum atomic E-state index is -0.770. The Labute approximate surface area is 155 Å². The quantitative estimate of drug-likeness (QED) is 0.884. The first-order valence-electron chi connectivity index (χ1n) is 8.88. The zero-order valence-corrected chi connectivity index (χ0v) is 14.9. The summed E-state index contributed by atoms with van der Waals surface area (Å²) in [5.41, 5.74) is 1.22. The summed E-state index contributed by atoms with van der Waals surface area (Å²) in [6.07, 6.45) is 6.89. The minimum Gasteiger partial charge on any atom is -0.480 e. The molecule has 26 heavy (non-hydrogen) atoms. The highest BCUT2D eigenvalue weighted by atomic mass is 35.5. The van der Waals surface area contributed by atoms with Crippen molar-refractivity contribution in [2.75, 3.05) is 0 Å². The molecule has 1 saturated carbocycles. The standard InChI is InChI=1S/C18H20ClFN4O2/c19-14-8-12(20)5-6-16(14)24-10-13(21-22-24)9-23-15-4-2-1-3-11(15)7-17(23)18(25)26/h5-6,8,10-11,15,17H,1-4,7,9H2,(H,25,26). The van der Waals surface area contributed by atoms with Crippen LogP contribution in [0.25, 0.3) is 5.69 Å². The summed E-state index contributed by atoms with van der Waals surface area (Å²) in [7, 11) is 0. The van der Waals surface area contributed by atoms with Crippen LogP contribution in [0.1, 0.15) is 37.8 Å². The van der Waals surface area contributed by atoms with Crippen LogP contribution in [-0.4, -0.2) is 43.1 Å². The van der Waals surface area contributed by atoms with E-state index in [-0.39, 0.29) is 5.02 Å². The van der Waals surface area contributed by atoms with Crippen LogP contribution in [0, 0.1) is 11.7 Å². The highest BCUT2D eigenvalue weighted by Crippen LogP contribution is 2.40. The number of aliphatic carboxylic acids is 1. The maximum Gasteiger partial charge on any atom is 0.320 e. The lowest BCUT2D eigenvalue weighted by molar-refractivity contribution is -0.142. The monoisotopic (exact) mass is 378 g/mol. The third-order valence-electron chi connectivity index (χ3n) is 5.55. The SMILES string of the molecule is O=C(O)C1CC2CCCCC2N1Cc1cn(-c2ccc(F)cc2Cl)nn1. The van der Waals surface area contributed by atoms with Gasteiger partial charge in [0.25, 0.3) is 0 Å². The fourth-order valence-electron chi connectivity index (χ4n) is 4.37. The smallest absolute Gasteiger partial charge is 0.320 e. The number of fused-ring (bicyclic) bond motifs is 1. The van der Waals surface area contributed by atoms with Gasteiger partial charge >= 0.3 is 5.97 Å². The predicted octanol–water partition coefficient (Wildman–Crippen LogP) is 3.28. The number of carboxylic acids is 1. The van der Waals surface area contributed by atoms with Gasteiger partial charge in [0.15, 0.2) is 0 Å². The van der Waals surface area contributed by atoms with E-state index >= 15 is 0 Å². The Kier molecular flexibility index (Phi) is 4.67. The number of carbonyl (C=O) groups is 1. The molecule has 1 aliphatic carbocycles. The lowest BCUT2D eigenvalue weighted by atomic mass is 9.85. The maximum absolute atomic E-state index is 13.2. The molecule has 3 atom stereocenters. The molecule has 0 spiro atoms. The molecule has 2 aliphatic rings. The lowest BCUT2D eigenvalue weighted by Gasteiger charge is -2.32. The highest BCUT2D eigenvalue weighted by molar-refractivity contribution is 6.32. The van der Waals surface area contributed by atoms with Gasteiger partial charge in [0.1, 0.15) is 11.9 Å². The Morgan fingerprint density at radius 1 is 1.35 bits per heavy atom.